The van der Waals surface area contributed by atoms with E-state index in [1.165, 1.54) is 12.1 Å². The van der Waals surface area contributed by atoms with E-state index in [1.54, 1.807) is 6.07 Å². The zero-order valence-corrected chi connectivity index (χ0v) is 8.21. The number of hydrogen-bond donors (Lipinski definition) is 0. The molecule has 70 valence electrons. The Kier molecular flexibility index (Phi) is 2.88. The Morgan fingerprint density at radius 1 is 1.46 bits per heavy atom. The molecule has 0 heterocycles. The van der Waals surface area contributed by atoms with Crippen molar-refractivity contribution in [1.29, 1.82) is 0 Å². The molecule has 1 aromatic rings. The van der Waals surface area contributed by atoms with Gasteiger partial charge in [0, 0.05) is 12.1 Å². The van der Waals surface area contributed by atoms with Gasteiger partial charge in [0.2, 0.25) is 0 Å². The third kappa shape index (κ3) is 2.18. The zero-order valence-electron chi connectivity index (χ0n) is 7.45. The first kappa shape index (κ1) is 9.99. The van der Waals surface area contributed by atoms with Crippen molar-refractivity contribution in [1.82, 2.24) is 0 Å². The van der Waals surface area contributed by atoms with Gasteiger partial charge in [-0.05, 0) is 11.5 Å². The molecular formula is C9H10ClNO2. The van der Waals surface area contributed by atoms with E-state index in [-0.39, 0.29) is 11.6 Å². The summed E-state index contributed by atoms with van der Waals surface area (Å²) in [5.41, 5.74) is 0.974. The molecule has 13 heavy (non-hydrogen) atoms. The zero-order chi connectivity index (χ0) is 10.0. The Hall–Kier alpha value is -1.09. The van der Waals surface area contributed by atoms with Crippen LogP contribution < -0.4 is 0 Å². The first-order valence-electron chi connectivity index (χ1n) is 3.96. The summed E-state index contributed by atoms with van der Waals surface area (Å²) in [5, 5.41) is 10.8. The quantitative estimate of drug-likeness (QED) is 0.541. The molecule has 0 aliphatic carbocycles. The topological polar surface area (TPSA) is 43.1 Å². The molecule has 0 saturated carbocycles. The number of benzene rings is 1. The Bertz CT molecular complexity index is 336. The van der Waals surface area contributed by atoms with Crippen molar-refractivity contribution in [3.8, 4) is 0 Å². The van der Waals surface area contributed by atoms with Gasteiger partial charge in [-0.3, -0.25) is 10.1 Å². The summed E-state index contributed by atoms with van der Waals surface area (Å²) in [6.45, 7) is 3.99. The van der Waals surface area contributed by atoms with Gasteiger partial charge in [-0.25, -0.2) is 0 Å². The molecule has 0 unspecified atom stereocenters. The molecule has 0 saturated heterocycles. The minimum absolute atomic E-state index is 0.0365. The molecule has 0 aliphatic rings. The Balaban J connectivity index is 3.13. The fourth-order valence-electron chi connectivity index (χ4n) is 1.10. The molecule has 0 aliphatic heterocycles. The van der Waals surface area contributed by atoms with Crippen molar-refractivity contribution in [3.63, 3.8) is 0 Å². The molecule has 0 radical (unpaired) electrons. The summed E-state index contributed by atoms with van der Waals surface area (Å²) in [6.07, 6.45) is 0. The van der Waals surface area contributed by atoms with Crippen LogP contribution in [0.4, 0.5) is 5.69 Å². The standard InChI is InChI=1S/C9H10ClNO2/c1-6(2)8-4-3-7(11(12)13)5-9(8)10/h3-6H,1-2H3. The lowest BCUT2D eigenvalue weighted by atomic mass is 10.0. The molecule has 4 heteroatoms. The van der Waals surface area contributed by atoms with Crippen LogP contribution >= 0.6 is 11.6 Å². The van der Waals surface area contributed by atoms with E-state index in [9.17, 15) is 10.1 Å². The molecule has 0 atom stereocenters. The lowest BCUT2D eigenvalue weighted by molar-refractivity contribution is -0.384. The molecule has 0 aromatic heterocycles. The fourth-order valence-corrected chi connectivity index (χ4v) is 1.49. The Morgan fingerprint density at radius 3 is 2.46 bits per heavy atom. The van der Waals surface area contributed by atoms with Crippen molar-refractivity contribution in [2.75, 3.05) is 0 Å². The molecular weight excluding hydrogens is 190 g/mol. The van der Waals surface area contributed by atoms with Crippen LogP contribution in [-0.2, 0) is 0 Å². The van der Waals surface area contributed by atoms with Crippen LogP contribution in [0.1, 0.15) is 25.3 Å². The van der Waals surface area contributed by atoms with Crippen LogP contribution in [0, 0.1) is 10.1 Å². The Morgan fingerprint density at radius 2 is 2.08 bits per heavy atom. The highest BCUT2D eigenvalue weighted by atomic mass is 35.5. The second kappa shape index (κ2) is 3.75. The summed E-state index contributed by atoms with van der Waals surface area (Å²) >= 11 is 5.86. The minimum atomic E-state index is -0.448. The largest absolute Gasteiger partial charge is 0.270 e. The van der Waals surface area contributed by atoms with Crippen molar-refractivity contribution < 1.29 is 4.92 Å². The molecule has 0 bridgehead atoms. The van der Waals surface area contributed by atoms with Crippen molar-refractivity contribution in [2.45, 2.75) is 19.8 Å². The van der Waals surface area contributed by atoms with E-state index in [0.29, 0.717) is 5.02 Å². The molecule has 0 fully saturated rings. The number of hydrogen-bond acceptors (Lipinski definition) is 2. The first-order valence-corrected chi connectivity index (χ1v) is 4.34. The smallest absolute Gasteiger partial charge is 0.258 e. The van der Waals surface area contributed by atoms with Gasteiger partial charge < -0.3 is 0 Å². The fraction of sp³-hybridized carbons (Fsp3) is 0.333. The highest BCUT2D eigenvalue weighted by Gasteiger charge is 2.10. The lowest BCUT2D eigenvalue weighted by Crippen LogP contribution is -1.92. The van der Waals surface area contributed by atoms with Gasteiger partial charge in [-0.15, -0.1) is 0 Å². The van der Waals surface area contributed by atoms with E-state index >= 15 is 0 Å². The third-order valence-corrected chi connectivity index (χ3v) is 2.14. The average molecular weight is 200 g/mol. The van der Waals surface area contributed by atoms with Gasteiger partial charge in [-0.2, -0.15) is 0 Å². The van der Waals surface area contributed by atoms with Crippen LogP contribution in [0.25, 0.3) is 0 Å². The SMILES string of the molecule is CC(C)c1ccc([N+](=O)[O-])cc1Cl. The number of rotatable bonds is 2. The van der Waals surface area contributed by atoms with Gasteiger partial charge in [0.1, 0.15) is 0 Å². The van der Waals surface area contributed by atoms with E-state index in [0.717, 1.165) is 5.56 Å². The maximum atomic E-state index is 10.4. The molecule has 1 rings (SSSR count). The predicted octanol–water partition coefficient (Wildman–Crippen LogP) is 3.37. The molecule has 0 N–H and O–H groups in total. The van der Waals surface area contributed by atoms with Gasteiger partial charge in [-0.1, -0.05) is 31.5 Å². The monoisotopic (exact) mass is 199 g/mol. The second-order valence-electron chi connectivity index (χ2n) is 3.12. The maximum absolute atomic E-state index is 10.4. The van der Waals surface area contributed by atoms with Crippen molar-refractivity contribution >= 4 is 17.3 Å². The van der Waals surface area contributed by atoms with Gasteiger partial charge in [0.25, 0.3) is 5.69 Å². The summed E-state index contributed by atoms with van der Waals surface area (Å²) in [6, 6.07) is 4.56. The second-order valence-corrected chi connectivity index (χ2v) is 3.52. The average Bonchev–Trinajstić information content (AvgIpc) is 2.03. The number of nitro benzene ring substituents is 1. The van der Waals surface area contributed by atoms with Crippen LogP contribution in [0.2, 0.25) is 5.02 Å². The van der Waals surface area contributed by atoms with Crippen LogP contribution in [0.3, 0.4) is 0 Å². The molecule has 3 nitrogen and oxygen atoms in total. The van der Waals surface area contributed by atoms with E-state index in [1.807, 2.05) is 13.8 Å². The molecule has 0 spiro atoms. The summed E-state index contributed by atoms with van der Waals surface area (Å²) in [7, 11) is 0. The summed E-state index contributed by atoms with van der Waals surface area (Å²) in [5.74, 6) is 0.285. The van der Waals surface area contributed by atoms with Crippen LogP contribution in [0.15, 0.2) is 18.2 Å². The summed E-state index contributed by atoms with van der Waals surface area (Å²) in [4.78, 5) is 9.93. The number of nitro groups is 1. The number of halogens is 1. The highest BCUT2D eigenvalue weighted by Crippen LogP contribution is 2.27. The predicted molar refractivity (Wildman–Crippen MR) is 52.2 cm³/mol. The lowest BCUT2D eigenvalue weighted by Gasteiger charge is -2.06. The number of nitrogens with zero attached hydrogens (tertiary/aromatic N) is 1. The highest BCUT2D eigenvalue weighted by molar-refractivity contribution is 6.31. The van der Waals surface area contributed by atoms with Crippen molar-refractivity contribution in [2.24, 2.45) is 0 Å². The van der Waals surface area contributed by atoms with E-state index in [4.69, 9.17) is 11.6 Å². The first-order chi connectivity index (χ1) is 6.02. The maximum Gasteiger partial charge on any atom is 0.270 e. The molecule has 1 aromatic carbocycles. The van der Waals surface area contributed by atoms with Gasteiger partial charge >= 0.3 is 0 Å². The normalized spacial score (nSPS) is 10.5. The van der Waals surface area contributed by atoms with Crippen molar-refractivity contribution in [3.05, 3.63) is 38.9 Å². The van der Waals surface area contributed by atoms with Gasteiger partial charge in [0.05, 0.1) is 9.95 Å². The van der Waals surface area contributed by atoms with E-state index < -0.39 is 4.92 Å². The number of non-ortho nitro benzene ring substituents is 1. The molecule has 0 amide bonds. The van der Waals surface area contributed by atoms with Gasteiger partial charge in [0.15, 0.2) is 0 Å². The minimum Gasteiger partial charge on any atom is -0.258 e. The third-order valence-electron chi connectivity index (χ3n) is 1.82. The van der Waals surface area contributed by atoms with Crippen LogP contribution in [-0.4, -0.2) is 4.92 Å². The summed E-state index contributed by atoms with van der Waals surface area (Å²) < 4.78 is 0. The van der Waals surface area contributed by atoms with E-state index in [2.05, 4.69) is 0 Å². The Labute approximate surface area is 81.5 Å². The van der Waals surface area contributed by atoms with Crippen LogP contribution in [0.5, 0.6) is 0 Å².